The fourth-order valence-corrected chi connectivity index (χ4v) is 1.12. The number of carbonyl (C=O) groups excluding carboxylic acids is 1. The first-order valence-corrected chi connectivity index (χ1v) is 5.08. The minimum atomic E-state index is -0.809. The molecule has 1 rings (SSSR count). The van der Waals surface area contributed by atoms with Gasteiger partial charge in [-0.15, -0.1) is 0 Å². The predicted molar refractivity (Wildman–Crippen MR) is 56.2 cm³/mol. The van der Waals surface area contributed by atoms with Crippen molar-refractivity contribution < 1.29 is 14.3 Å². The lowest BCUT2D eigenvalue weighted by Crippen LogP contribution is -2.15. The van der Waals surface area contributed by atoms with Gasteiger partial charge in [-0.2, -0.15) is 5.26 Å². The lowest BCUT2D eigenvalue weighted by Gasteiger charge is -2.08. The average molecular weight is 223 g/mol. The molecule has 0 aliphatic heterocycles. The van der Waals surface area contributed by atoms with E-state index in [1.165, 1.54) is 0 Å². The number of nitrogens with zero attached hydrogens (tertiary/aromatic N) is 1. The summed E-state index contributed by atoms with van der Waals surface area (Å²) in [6, 6.07) is 8.59. The van der Waals surface area contributed by atoms with Crippen LogP contribution >= 0.6 is 11.8 Å². The number of carbonyl (C=O) groups is 1. The molecule has 0 aliphatic carbocycles. The zero-order valence-electron chi connectivity index (χ0n) is 8.04. The molecule has 0 aromatic heterocycles. The zero-order chi connectivity index (χ0) is 11.1. The summed E-state index contributed by atoms with van der Waals surface area (Å²) in [4.78, 5) is 11.1. The second kappa shape index (κ2) is 5.94. The van der Waals surface area contributed by atoms with Gasteiger partial charge in [-0.25, -0.2) is 4.79 Å². The number of benzene rings is 1. The molecule has 0 saturated carbocycles. The van der Waals surface area contributed by atoms with Gasteiger partial charge in [0.2, 0.25) is 0 Å². The summed E-state index contributed by atoms with van der Waals surface area (Å²) in [6.07, 6.45) is -0.809. The van der Waals surface area contributed by atoms with Crippen LogP contribution in [0.25, 0.3) is 0 Å². The Balaban J connectivity index is 2.41. The molecule has 0 N–H and O–H groups in total. The molecular formula is C10H9NO3S. The van der Waals surface area contributed by atoms with Gasteiger partial charge in [0.15, 0.2) is 5.44 Å². The van der Waals surface area contributed by atoms with Gasteiger partial charge in [0.1, 0.15) is 11.2 Å². The van der Waals surface area contributed by atoms with Gasteiger partial charge in [0.25, 0.3) is 0 Å². The minimum absolute atomic E-state index is 0.414. The highest BCUT2D eigenvalue weighted by molar-refractivity contribution is 8.04. The van der Waals surface area contributed by atoms with Crippen molar-refractivity contribution in [2.45, 2.75) is 12.4 Å². The van der Waals surface area contributed by atoms with Crippen LogP contribution in [0.15, 0.2) is 30.3 Å². The molecule has 1 aromatic rings. The molecule has 4 nitrogen and oxygen atoms in total. The molecule has 0 heterocycles. The molecule has 0 saturated heterocycles. The molecule has 78 valence electrons. The lowest BCUT2D eigenvalue weighted by atomic mass is 10.3. The second-order valence-electron chi connectivity index (χ2n) is 2.56. The van der Waals surface area contributed by atoms with E-state index < -0.39 is 11.6 Å². The summed E-state index contributed by atoms with van der Waals surface area (Å²) in [5, 5.41) is 10.1. The standard InChI is InChI=1S/C10H9NO3S/c1-8(15-7-11)13-10(12)14-9-5-3-2-4-6-9/h2-6,8H,1H3. The van der Waals surface area contributed by atoms with Crippen LogP contribution in [-0.4, -0.2) is 11.6 Å². The van der Waals surface area contributed by atoms with Crippen LogP contribution in [0.4, 0.5) is 4.79 Å². The van der Waals surface area contributed by atoms with E-state index in [0.29, 0.717) is 5.75 Å². The molecule has 0 aliphatic rings. The Morgan fingerprint density at radius 1 is 1.47 bits per heavy atom. The van der Waals surface area contributed by atoms with Crippen LogP contribution in [-0.2, 0) is 4.74 Å². The summed E-state index contributed by atoms with van der Waals surface area (Å²) in [7, 11) is 0. The van der Waals surface area contributed by atoms with Crippen molar-refractivity contribution in [3.05, 3.63) is 30.3 Å². The molecule has 15 heavy (non-hydrogen) atoms. The maximum atomic E-state index is 11.1. The van der Waals surface area contributed by atoms with Crippen LogP contribution in [0.5, 0.6) is 5.75 Å². The Morgan fingerprint density at radius 2 is 2.13 bits per heavy atom. The Hall–Kier alpha value is -1.67. The van der Waals surface area contributed by atoms with Gasteiger partial charge < -0.3 is 9.47 Å². The number of nitriles is 1. The monoisotopic (exact) mass is 223 g/mol. The van der Waals surface area contributed by atoms with Crippen LogP contribution in [0.1, 0.15) is 6.92 Å². The van der Waals surface area contributed by atoms with Gasteiger partial charge in [-0.05, 0) is 30.8 Å². The molecule has 0 radical (unpaired) electrons. The van der Waals surface area contributed by atoms with Gasteiger partial charge in [-0.3, -0.25) is 0 Å². The maximum absolute atomic E-state index is 11.1. The Labute approximate surface area is 91.8 Å². The van der Waals surface area contributed by atoms with Crippen LogP contribution in [0.2, 0.25) is 0 Å². The molecule has 0 fully saturated rings. The molecule has 0 bridgehead atoms. The van der Waals surface area contributed by atoms with Gasteiger partial charge in [0.05, 0.1) is 0 Å². The van der Waals surface area contributed by atoms with E-state index in [4.69, 9.17) is 14.7 Å². The fraction of sp³-hybridized carbons (Fsp3) is 0.200. The summed E-state index contributed by atoms with van der Waals surface area (Å²) < 4.78 is 9.62. The lowest BCUT2D eigenvalue weighted by molar-refractivity contribution is 0.0947. The van der Waals surface area contributed by atoms with E-state index in [0.717, 1.165) is 11.8 Å². The Morgan fingerprint density at radius 3 is 2.73 bits per heavy atom. The zero-order valence-corrected chi connectivity index (χ0v) is 8.86. The van der Waals surface area contributed by atoms with Gasteiger partial charge in [0, 0.05) is 0 Å². The van der Waals surface area contributed by atoms with E-state index in [-0.39, 0.29) is 0 Å². The molecular weight excluding hydrogens is 214 g/mol. The van der Waals surface area contributed by atoms with Crippen molar-refractivity contribution in [1.29, 1.82) is 5.26 Å². The molecule has 5 heteroatoms. The van der Waals surface area contributed by atoms with E-state index in [1.807, 2.05) is 11.5 Å². The highest BCUT2D eigenvalue weighted by Gasteiger charge is 2.11. The summed E-state index contributed by atoms with van der Waals surface area (Å²) in [6.45, 7) is 1.60. The second-order valence-corrected chi connectivity index (χ2v) is 3.64. The van der Waals surface area contributed by atoms with Gasteiger partial charge in [-0.1, -0.05) is 18.2 Å². The molecule has 0 amide bonds. The summed E-state index contributed by atoms with van der Waals surface area (Å²) in [5.74, 6) is 0.414. The van der Waals surface area contributed by atoms with Crippen molar-refractivity contribution in [3.8, 4) is 11.2 Å². The first kappa shape index (κ1) is 11.4. The molecule has 0 spiro atoms. The SMILES string of the molecule is CC(OC(=O)Oc1ccccc1)SC#N. The number of para-hydroxylation sites is 1. The number of hydrogen-bond acceptors (Lipinski definition) is 5. The van der Waals surface area contributed by atoms with Crippen molar-refractivity contribution in [3.63, 3.8) is 0 Å². The van der Waals surface area contributed by atoms with Crippen LogP contribution in [0, 0.1) is 10.7 Å². The van der Waals surface area contributed by atoms with Crippen LogP contribution in [0.3, 0.4) is 0 Å². The highest BCUT2D eigenvalue weighted by atomic mass is 32.2. The third-order valence-electron chi connectivity index (χ3n) is 1.43. The molecule has 1 atom stereocenters. The van der Waals surface area contributed by atoms with E-state index in [9.17, 15) is 4.79 Å². The van der Waals surface area contributed by atoms with Crippen molar-refractivity contribution >= 4 is 17.9 Å². The number of thioether (sulfide) groups is 1. The number of thiocyanates is 1. The quantitative estimate of drug-likeness (QED) is 0.341. The van der Waals surface area contributed by atoms with Crippen molar-refractivity contribution in [1.82, 2.24) is 0 Å². The predicted octanol–water partition coefficient (Wildman–Crippen LogP) is 2.76. The molecule has 1 aromatic carbocycles. The minimum Gasteiger partial charge on any atom is -0.419 e. The summed E-state index contributed by atoms with van der Waals surface area (Å²) >= 11 is 0.853. The first-order chi connectivity index (χ1) is 7.22. The first-order valence-electron chi connectivity index (χ1n) is 4.20. The van der Waals surface area contributed by atoms with E-state index in [2.05, 4.69) is 0 Å². The summed E-state index contributed by atoms with van der Waals surface area (Å²) in [5.41, 5.74) is -0.536. The number of rotatable bonds is 3. The van der Waals surface area contributed by atoms with Crippen LogP contribution < -0.4 is 4.74 Å². The topological polar surface area (TPSA) is 59.3 Å². The van der Waals surface area contributed by atoms with Gasteiger partial charge >= 0.3 is 6.16 Å². The van der Waals surface area contributed by atoms with Crippen molar-refractivity contribution in [2.24, 2.45) is 0 Å². The Kier molecular flexibility index (Phi) is 4.51. The third-order valence-corrected chi connectivity index (χ3v) is 1.96. The fourth-order valence-electron chi connectivity index (χ4n) is 0.843. The largest absolute Gasteiger partial charge is 0.514 e. The average Bonchev–Trinajstić information content (AvgIpc) is 2.19. The number of ether oxygens (including phenoxy) is 2. The molecule has 1 unspecified atom stereocenters. The maximum Gasteiger partial charge on any atom is 0.514 e. The normalized spacial score (nSPS) is 11.2. The number of hydrogen-bond donors (Lipinski definition) is 0. The van der Waals surface area contributed by atoms with Crippen molar-refractivity contribution in [2.75, 3.05) is 0 Å². The third kappa shape index (κ3) is 4.38. The smallest absolute Gasteiger partial charge is 0.419 e. The Bertz CT molecular complexity index is 361. The van der Waals surface area contributed by atoms with E-state index >= 15 is 0 Å². The highest BCUT2D eigenvalue weighted by Crippen LogP contribution is 2.13. The van der Waals surface area contributed by atoms with E-state index in [1.54, 1.807) is 31.2 Å².